The predicted octanol–water partition coefficient (Wildman–Crippen LogP) is 1.63. The van der Waals surface area contributed by atoms with E-state index < -0.39 is 32.9 Å². The van der Waals surface area contributed by atoms with Gasteiger partial charge in [-0.15, -0.1) is 0 Å². The van der Waals surface area contributed by atoms with Crippen LogP contribution in [0.5, 0.6) is 0 Å². The summed E-state index contributed by atoms with van der Waals surface area (Å²) in [7, 11) is -4.13. The second-order valence-corrected chi connectivity index (χ2v) is 5.95. The van der Waals surface area contributed by atoms with Gasteiger partial charge in [0.2, 0.25) is 5.09 Å². The zero-order valence-corrected chi connectivity index (χ0v) is 11.5. The number of fused-ring (bicyclic) bond motifs is 1. The summed E-state index contributed by atoms with van der Waals surface area (Å²) in [4.78, 5) is 10.7. The van der Waals surface area contributed by atoms with Crippen molar-refractivity contribution in [1.82, 2.24) is 4.72 Å². The molecule has 0 aliphatic heterocycles. The van der Waals surface area contributed by atoms with Gasteiger partial charge >= 0.3 is 5.97 Å². The summed E-state index contributed by atoms with van der Waals surface area (Å²) < 4.78 is 44.4. The molecule has 108 valence electrons. The minimum atomic E-state index is -4.13. The van der Waals surface area contributed by atoms with E-state index >= 15 is 0 Å². The number of rotatable bonds is 4. The number of benzene rings is 1. The molecule has 2 rings (SSSR count). The van der Waals surface area contributed by atoms with Crippen LogP contribution in [0.2, 0.25) is 0 Å². The standard InChI is InChI=1S/C12H12FNO5S/c1-6-9-5-8(13)3-4-10(9)19-12(6)20(17,18)14-7(2)11(15)16/h3-5,7,14H,1-2H3,(H,15,16)/t7-/m1/s1. The van der Waals surface area contributed by atoms with E-state index in [1.165, 1.54) is 19.9 Å². The Morgan fingerprint density at radius 1 is 1.45 bits per heavy atom. The van der Waals surface area contributed by atoms with E-state index in [2.05, 4.69) is 0 Å². The van der Waals surface area contributed by atoms with Gasteiger partial charge in [-0.1, -0.05) is 0 Å². The van der Waals surface area contributed by atoms with Crippen LogP contribution in [0.25, 0.3) is 11.0 Å². The molecule has 0 aliphatic carbocycles. The number of nitrogens with one attached hydrogen (secondary N) is 1. The van der Waals surface area contributed by atoms with Crippen molar-refractivity contribution in [3.8, 4) is 0 Å². The third-order valence-electron chi connectivity index (χ3n) is 2.80. The van der Waals surface area contributed by atoms with Gasteiger partial charge in [0.05, 0.1) is 0 Å². The Morgan fingerprint density at radius 2 is 2.10 bits per heavy atom. The van der Waals surface area contributed by atoms with Crippen LogP contribution in [0.4, 0.5) is 4.39 Å². The van der Waals surface area contributed by atoms with Crippen LogP contribution in [0.15, 0.2) is 27.7 Å². The molecule has 0 aliphatic rings. The van der Waals surface area contributed by atoms with E-state index in [-0.39, 0.29) is 11.1 Å². The van der Waals surface area contributed by atoms with Gasteiger partial charge in [0.1, 0.15) is 17.4 Å². The zero-order chi connectivity index (χ0) is 15.1. The number of carbonyl (C=O) groups is 1. The number of aliphatic carboxylic acids is 1. The first-order chi connectivity index (χ1) is 9.22. The monoisotopic (exact) mass is 301 g/mol. The highest BCUT2D eigenvalue weighted by atomic mass is 32.2. The Hall–Kier alpha value is -1.93. The maximum absolute atomic E-state index is 13.2. The summed E-state index contributed by atoms with van der Waals surface area (Å²) in [6.45, 7) is 2.66. The summed E-state index contributed by atoms with van der Waals surface area (Å²) >= 11 is 0. The summed E-state index contributed by atoms with van der Waals surface area (Å²) in [5.74, 6) is -1.83. The second kappa shape index (κ2) is 4.88. The number of hydrogen-bond donors (Lipinski definition) is 2. The Kier molecular flexibility index (Phi) is 3.53. The van der Waals surface area contributed by atoms with Gasteiger partial charge in [-0.3, -0.25) is 4.79 Å². The third-order valence-corrected chi connectivity index (χ3v) is 4.34. The van der Waals surface area contributed by atoms with Crippen molar-refractivity contribution in [3.63, 3.8) is 0 Å². The fourth-order valence-corrected chi connectivity index (χ4v) is 3.15. The van der Waals surface area contributed by atoms with Gasteiger partial charge < -0.3 is 9.52 Å². The molecule has 2 aromatic rings. The number of furan rings is 1. The molecular weight excluding hydrogens is 289 g/mol. The number of carboxylic acids is 1. The van der Waals surface area contributed by atoms with Gasteiger partial charge in [-0.25, -0.2) is 12.8 Å². The average Bonchev–Trinajstić information content (AvgIpc) is 2.67. The van der Waals surface area contributed by atoms with Crippen LogP contribution < -0.4 is 4.72 Å². The lowest BCUT2D eigenvalue weighted by Gasteiger charge is -2.08. The molecule has 0 spiro atoms. The quantitative estimate of drug-likeness (QED) is 0.894. The summed E-state index contributed by atoms with van der Waals surface area (Å²) in [5, 5.41) is 8.65. The van der Waals surface area contributed by atoms with Gasteiger partial charge in [-0.2, -0.15) is 4.72 Å². The maximum atomic E-state index is 13.2. The predicted molar refractivity (Wildman–Crippen MR) is 68.3 cm³/mol. The van der Waals surface area contributed by atoms with Crippen molar-refractivity contribution in [3.05, 3.63) is 29.6 Å². The van der Waals surface area contributed by atoms with E-state index in [0.29, 0.717) is 5.39 Å². The van der Waals surface area contributed by atoms with E-state index in [1.807, 2.05) is 4.72 Å². The van der Waals surface area contributed by atoms with Crippen molar-refractivity contribution in [1.29, 1.82) is 0 Å². The number of aryl methyl sites for hydroxylation is 1. The normalized spacial score (nSPS) is 13.6. The zero-order valence-electron chi connectivity index (χ0n) is 10.7. The molecule has 1 atom stereocenters. The summed E-state index contributed by atoms with van der Waals surface area (Å²) in [5.41, 5.74) is 0.442. The van der Waals surface area contributed by atoms with E-state index in [4.69, 9.17) is 9.52 Å². The van der Waals surface area contributed by atoms with E-state index in [0.717, 1.165) is 12.1 Å². The lowest BCUT2D eigenvalue weighted by molar-refractivity contribution is -0.138. The van der Waals surface area contributed by atoms with Crippen LogP contribution in [0, 0.1) is 12.7 Å². The number of hydrogen-bond acceptors (Lipinski definition) is 4. The summed E-state index contributed by atoms with van der Waals surface area (Å²) in [6, 6.07) is 2.32. The third kappa shape index (κ3) is 2.52. The van der Waals surface area contributed by atoms with Crippen molar-refractivity contribution >= 4 is 27.0 Å². The van der Waals surface area contributed by atoms with Crippen LogP contribution >= 0.6 is 0 Å². The Bertz CT molecular complexity index is 780. The molecule has 6 nitrogen and oxygen atoms in total. The first kappa shape index (κ1) is 14.5. The number of carboxylic acid groups (broad SMARTS) is 1. The minimum absolute atomic E-state index is 0.215. The molecule has 2 N–H and O–H groups in total. The fraction of sp³-hybridized carbons (Fsp3) is 0.250. The summed E-state index contributed by atoms with van der Waals surface area (Å²) in [6.07, 6.45) is 0. The van der Waals surface area contributed by atoms with Crippen LogP contribution in [0.1, 0.15) is 12.5 Å². The van der Waals surface area contributed by atoms with Gasteiger partial charge in [-0.05, 0) is 32.0 Å². The van der Waals surface area contributed by atoms with Crippen molar-refractivity contribution in [2.75, 3.05) is 0 Å². The highest BCUT2D eigenvalue weighted by Gasteiger charge is 2.27. The van der Waals surface area contributed by atoms with E-state index in [9.17, 15) is 17.6 Å². The van der Waals surface area contributed by atoms with Crippen molar-refractivity contribution < 1.29 is 27.1 Å². The molecule has 1 aromatic heterocycles. The molecule has 0 unspecified atom stereocenters. The topological polar surface area (TPSA) is 96.6 Å². The van der Waals surface area contributed by atoms with Crippen LogP contribution in [-0.2, 0) is 14.8 Å². The first-order valence-corrected chi connectivity index (χ1v) is 7.14. The smallest absolute Gasteiger partial charge is 0.321 e. The van der Waals surface area contributed by atoms with Gasteiger partial charge in [0.25, 0.3) is 10.0 Å². The first-order valence-electron chi connectivity index (χ1n) is 5.66. The fourth-order valence-electron chi connectivity index (χ4n) is 1.76. The van der Waals surface area contributed by atoms with Crippen molar-refractivity contribution in [2.45, 2.75) is 25.0 Å². The molecule has 0 radical (unpaired) electrons. The molecular formula is C12H12FNO5S. The molecule has 0 saturated heterocycles. The largest absolute Gasteiger partial charge is 0.480 e. The maximum Gasteiger partial charge on any atom is 0.321 e. The molecule has 20 heavy (non-hydrogen) atoms. The Labute approximate surface area is 114 Å². The number of halogens is 1. The van der Waals surface area contributed by atoms with Crippen LogP contribution in [0.3, 0.4) is 0 Å². The lowest BCUT2D eigenvalue weighted by Crippen LogP contribution is -2.38. The Balaban J connectivity index is 2.52. The highest BCUT2D eigenvalue weighted by molar-refractivity contribution is 7.89. The lowest BCUT2D eigenvalue weighted by atomic mass is 10.2. The SMILES string of the molecule is Cc1c(S(=O)(=O)N[C@H](C)C(=O)O)oc2ccc(F)cc12. The van der Waals surface area contributed by atoms with Crippen LogP contribution in [-0.4, -0.2) is 25.5 Å². The molecule has 8 heteroatoms. The van der Waals surface area contributed by atoms with Gasteiger partial charge in [0.15, 0.2) is 0 Å². The second-order valence-electron chi connectivity index (χ2n) is 4.34. The minimum Gasteiger partial charge on any atom is -0.480 e. The van der Waals surface area contributed by atoms with E-state index in [1.54, 1.807) is 0 Å². The molecule has 1 aromatic carbocycles. The van der Waals surface area contributed by atoms with Crippen molar-refractivity contribution in [2.24, 2.45) is 0 Å². The molecule has 0 saturated carbocycles. The molecule has 0 amide bonds. The van der Waals surface area contributed by atoms with Gasteiger partial charge in [0, 0.05) is 10.9 Å². The number of sulfonamides is 1. The highest BCUT2D eigenvalue weighted by Crippen LogP contribution is 2.29. The molecule has 1 heterocycles. The molecule has 0 fully saturated rings. The Morgan fingerprint density at radius 3 is 2.70 bits per heavy atom. The average molecular weight is 301 g/mol. The molecule has 0 bridgehead atoms.